The lowest BCUT2D eigenvalue weighted by atomic mass is 10.3. The van der Waals surface area contributed by atoms with Crippen molar-refractivity contribution in [3.8, 4) is 0 Å². The highest BCUT2D eigenvalue weighted by Crippen LogP contribution is 2.20. The maximum absolute atomic E-state index is 12.1. The van der Waals surface area contributed by atoms with Gasteiger partial charge in [0.25, 0.3) is 5.91 Å². The highest BCUT2D eigenvalue weighted by atomic mass is 32.1. The van der Waals surface area contributed by atoms with Crippen molar-refractivity contribution >= 4 is 34.2 Å². The predicted molar refractivity (Wildman–Crippen MR) is 77.7 cm³/mol. The monoisotopic (exact) mass is 271 g/mol. The summed E-state index contributed by atoms with van der Waals surface area (Å²) in [6, 6.07) is 9.67. The van der Waals surface area contributed by atoms with Crippen LogP contribution in [-0.2, 0) is 6.54 Å². The van der Waals surface area contributed by atoms with E-state index in [1.807, 2.05) is 46.5 Å². The second-order valence-electron chi connectivity index (χ2n) is 4.13. The minimum Gasteiger partial charge on any atom is -0.310 e. The zero-order chi connectivity index (χ0) is 13.2. The first-order valence-corrected chi connectivity index (χ1v) is 7.02. The summed E-state index contributed by atoms with van der Waals surface area (Å²) in [5.74, 6) is 0.478. The molecule has 0 aliphatic carbocycles. The SMILES string of the molecule is CCn1c(NC(=O)c2ccsc2)nc2ccccc21. The number of imidazole rings is 1. The fraction of sp³-hybridized carbons (Fsp3) is 0.143. The Kier molecular flexibility index (Phi) is 3.05. The molecule has 2 heterocycles. The van der Waals surface area contributed by atoms with Gasteiger partial charge in [-0.2, -0.15) is 11.3 Å². The third-order valence-corrected chi connectivity index (χ3v) is 3.66. The lowest BCUT2D eigenvalue weighted by molar-refractivity contribution is 0.102. The molecule has 19 heavy (non-hydrogen) atoms. The molecule has 2 aromatic heterocycles. The van der Waals surface area contributed by atoms with Crippen molar-refractivity contribution in [1.29, 1.82) is 0 Å². The van der Waals surface area contributed by atoms with E-state index >= 15 is 0 Å². The van der Waals surface area contributed by atoms with Gasteiger partial charge < -0.3 is 4.57 Å². The van der Waals surface area contributed by atoms with E-state index in [9.17, 15) is 4.79 Å². The number of aryl methyl sites for hydroxylation is 1. The van der Waals surface area contributed by atoms with Crippen LogP contribution in [0.4, 0.5) is 5.95 Å². The number of para-hydroxylation sites is 2. The maximum atomic E-state index is 12.1. The van der Waals surface area contributed by atoms with Crippen LogP contribution >= 0.6 is 11.3 Å². The summed E-state index contributed by atoms with van der Waals surface area (Å²) < 4.78 is 2.00. The lowest BCUT2D eigenvalue weighted by Gasteiger charge is -2.06. The quantitative estimate of drug-likeness (QED) is 0.794. The third kappa shape index (κ3) is 2.13. The molecule has 3 rings (SSSR count). The van der Waals surface area contributed by atoms with Crippen molar-refractivity contribution in [2.45, 2.75) is 13.5 Å². The normalized spacial score (nSPS) is 10.8. The molecule has 0 radical (unpaired) electrons. The number of carbonyl (C=O) groups is 1. The summed E-state index contributed by atoms with van der Waals surface area (Å²) in [5.41, 5.74) is 2.59. The van der Waals surface area contributed by atoms with Crippen molar-refractivity contribution in [2.24, 2.45) is 0 Å². The van der Waals surface area contributed by atoms with Crippen LogP contribution in [0.5, 0.6) is 0 Å². The number of fused-ring (bicyclic) bond motifs is 1. The summed E-state index contributed by atoms with van der Waals surface area (Å²) in [5, 5.41) is 6.59. The molecule has 0 saturated heterocycles. The second kappa shape index (κ2) is 4.85. The number of nitrogens with zero attached hydrogens (tertiary/aromatic N) is 2. The van der Waals surface area contributed by atoms with E-state index in [1.165, 1.54) is 11.3 Å². The van der Waals surface area contributed by atoms with Crippen LogP contribution in [0.25, 0.3) is 11.0 Å². The van der Waals surface area contributed by atoms with Gasteiger partial charge in [-0.15, -0.1) is 0 Å². The summed E-state index contributed by atoms with van der Waals surface area (Å²) in [7, 11) is 0. The highest BCUT2D eigenvalue weighted by Gasteiger charge is 2.13. The Balaban J connectivity index is 1.99. The number of nitrogens with one attached hydrogen (secondary N) is 1. The Morgan fingerprint density at radius 1 is 1.37 bits per heavy atom. The van der Waals surface area contributed by atoms with E-state index in [4.69, 9.17) is 0 Å². The van der Waals surface area contributed by atoms with Gasteiger partial charge in [0, 0.05) is 11.9 Å². The zero-order valence-corrected chi connectivity index (χ0v) is 11.3. The van der Waals surface area contributed by atoms with Gasteiger partial charge in [-0.05, 0) is 30.5 Å². The van der Waals surface area contributed by atoms with Crippen LogP contribution < -0.4 is 5.32 Å². The summed E-state index contributed by atoms with van der Waals surface area (Å²) >= 11 is 1.51. The van der Waals surface area contributed by atoms with E-state index in [0.29, 0.717) is 11.5 Å². The van der Waals surface area contributed by atoms with Crippen LogP contribution in [0.1, 0.15) is 17.3 Å². The van der Waals surface area contributed by atoms with Gasteiger partial charge in [-0.25, -0.2) is 4.98 Å². The van der Waals surface area contributed by atoms with Crippen LogP contribution in [0, 0.1) is 0 Å². The van der Waals surface area contributed by atoms with Crippen LogP contribution in [0.2, 0.25) is 0 Å². The van der Waals surface area contributed by atoms with E-state index in [2.05, 4.69) is 10.3 Å². The van der Waals surface area contributed by atoms with Crippen LogP contribution in [0.3, 0.4) is 0 Å². The van der Waals surface area contributed by atoms with Gasteiger partial charge in [-0.3, -0.25) is 10.1 Å². The highest BCUT2D eigenvalue weighted by molar-refractivity contribution is 7.08. The smallest absolute Gasteiger partial charge is 0.258 e. The molecular formula is C14H13N3OS. The molecule has 1 aromatic carbocycles. The molecule has 1 N–H and O–H groups in total. The molecule has 0 bridgehead atoms. The molecule has 0 saturated carbocycles. The summed E-state index contributed by atoms with van der Waals surface area (Å²) in [6.45, 7) is 2.80. The summed E-state index contributed by atoms with van der Waals surface area (Å²) in [6.07, 6.45) is 0. The molecule has 4 nitrogen and oxygen atoms in total. The molecule has 96 valence electrons. The van der Waals surface area contributed by atoms with E-state index < -0.39 is 0 Å². The van der Waals surface area contributed by atoms with Gasteiger partial charge in [0.15, 0.2) is 0 Å². The Labute approximate surface area is 114 Å². The Morgan fingerprint density at radius 2 is 2.21 bits per heavy atom. The van der Waals surface area contributed by atoms with Gasteiger partial charge >= 0.3 is 0 Å². The summed E-state index contributed by atoms with van der Waals surface area (Å²) in [4.78, 5) is 16.5. The molecule has 0 aliphatic heterocycles. The number of hydrogen-bond donors (Lipinski definition) is 1. The van der Waals surface area contributed by atoms with E-state index in [0.717, 1.165) is 17.6 Å². The second-order valence-corrected chi connectivity index (χ2v) is 4.91. The fourth-order valence-corrected chi connectivity index (χ4v) is 2.69. The van der Waals surface area contributed by atoms with Gasteiger partial charge in [0.2, 0.25) is 5.95 Å². The molecule has 1 amide bonds. The standard InChI is InChI=1S/C14H13N3OS/c1-2-17-12-6-4-3-5-11(12)15-14(17)16-13(18)10-7-8-19-9-10/h3-9H,2H2,1H3,(H,15,16,18). The first-order valence-electron chi connectivity index (χ1n) is 6.08. The lowest BCUT2D eigenvalue weighted by Crippen LogP contribution is -2.15. The molecule has 0 unspecified atom stereocenters. The number of benzene rings is 1. The fourth-order valence-electron chi connectivity index (χ4n) is 2.06. The van der Waals surface area contributed by atoms with Crippen molar-refractivity contribution in [1.82, 2.24) is 9.55 Å². The number of anilines is 1. The van der Waals surface area contributed by atoms with Crippen LogP contribution in [-0.4, -0.2) is 15.5 Å². The van der Waals surface area contributed by atoms with Crippen molar-refractivity contribution in [3.05, 3.63) is 46.7 Å². The van der Waals surface area contributed by atoms with Crippen LogP contribution in [0.15, 0.2) is 41.1 Å². The molecule has 0 atom stereocenters. The first-order chi connectivity index (χ1) is 9.29. The number of amides is 1. The van der Waals surface area contributed by atoms with Gasteiger partial charge in [-0.1, -0.05) is 12.1 Å². The van der Waals surface area contributed by atoms with Crippen molar-refractivity contribution < 1.29 is 4.79 Å². The molecular weight excluding hydrogens is 258 g/mol. The van der Waals surface area contributed by atoms with E-state index in [1.54, 1.807) is 6.07 Å². The maximum Gasteiger partial charge on any atom is 0.258 e. The Bertz CT molecular complexity index is 715. The molecule has 0 spiro atoms. The molecule has 0 fully saturated rings. The Hall–Kier alpha value is -2.14. The Morgan fingerprint density at radius 3 is 2.95 bits per heavy atom. The van der Waals surface area contributed by atoms with Crippen molar-refractivity contribution in [2.75, 3.05) is 5.32 Å². The molecule has 0 aliphatic rings. The zero-order valence-electron chi connectivity index (χ0n) is 10.5. The number of rotatable bonds is 3. The minimum atomic E-state index is -0.119. The topological polar surface area (TPSA) is 46.9 Å². The van der Waals surface area contributed by atoms with Gasteiger partial charge in [0.1, 0.15) is 0 Å². The average Bonchev–Trinajstić information content (AvgIpc) is 3.05. The van der Waals surface area contributed by atoms with E-state index in [-0.39, 0.29) is 5.91 Å². The number of thiophene rings is 1. The first kappa shape index (κ1) is 11.9. The van der Waals surface area contributed by atoms with Crippen molar-refractivity contribution in [3.63, 3.8) is 0 Å². The molecule has 5 heteroatoms. The number of carbonyl (C=O) groups excluding carboxylic acids is 1. The predicted octanol–water partition coefficient (Wildman–Crippen LogP) is 3.37. The molecule has 3 aromatic rings. The largest absolute Gasteiger partial charge is 0.310 e. The number of hydrogen-bond acceptors (Lipinski definition) is 3. The average molecular weight is 271 g/mol. The van der Waals surface area contributed by atoms with Gasteiger partial charge in [0.05, 0.1) is 16.6 Å². The minimum absolute atomic E-state index is 0.119. The number of aromatic nitrogens is 2. The third-order valence-electron chi connectivity index (χ3n) is 2.98.